The Balaban J connectivity index is 1.73. The first-order chi connectivity index (χ1) is 12.1. The van der Waals surface area contributed by atoms with E-state index < -0.39 is 0 Å². The molecule has 0 fully saturated rings. The maximum absolute atomic E-state index is 12.3. The van der Waals surface area contributed by atoms with Crippen molar-refractivity contribution in [3.63, 3.8) is 0 Å². The van der Waals surface area contributed by atoms with Crippen LogP contribution in [0.15, 0.2) is 71.5 Å². The van der Waals surface area contributed by atoms with Crippen molar-refractivity contribution in [3.8, 4) is 0 Å². The Labute approximate surface area is 145 Å². The lowest BCUT2D eigenvalue weighted by atomic mass is 10.1. The summed E-state index contributed by atoms with van der Waals surface area (Å²) in [7, 11) is 0. The molecule has 25 heavy (non-hydrogen) atoms. The molecule has 3 rings (SSSR count). The van der Waals surface area contributed by atoms with Crippen LogP contribution in [-0.2, 0) is 13.1 Å². The highest BCUT2D eigenvalue weighted by atomic mass is 16.2. The summed E-state index contributed by atoms with van der Waals surface area (Å²) in [6.45, 7) is 2.75. The largest absolute Gasteiger partial charge is 0.347 e. The summed E-state index contributed by atoms with van der Waals surface area (Å²) in [4.78, 5) is 24.3. The highest BCUT2D eigenvalue weighted by molar-refractivity contribution is 5.91. The van der Waals surface area contributed by atoms with Gasteiger partial charge in [0.2, 0.25) is 0 Å². The Hall–Kier alpha value is -3.21. The number of amides is 1. The minimum absolute atomic E-state index is 0.225. The Morgan fingerprint density at radius 3 is 2.40 bits per heavy atom. The number of hydrogen-bond acceptors (Lipinski definition) is 3. The predicted octanol–water partition coefficient (Wildman–Crippen LogP) is 2.53. The van der Waals surface area contributed by atoms with E-state index in [1.54, 1.807) is 0 Å². The van der Waals surface area contributed by atoms with Gasteiger partial charge in [-0.1, -0.05) is 60.2 Å². The monoisotopic (exact) mass is 333 g/mol. The number of rotatable bonds is 5. The average Bonchev–Trinajstić information content (AvgIpc) is 2.64. The van der Waals surface area contributed by atoms with E-state index in [9.17, 15) is 9.59 Å². The summed E-state index contributed by atoms with van der Waals surface area (Å²) < 4.78 is 1.31. The topological polar surface area (TPSA) is 64.0 Å². The van der Waals surface area contributed by atoms with Gasteiger partial charge in [-0.05, 0) is 24.1 Å². The van der Waals surface area contributed by atoms with Crippen molar-refractivity contribution in [2.75, 3.05) is 0 Å². The number of aryl methyl sites for hydroxylation is 1. The van der Waals surface area contributed by atoms with Gasteiger partial charge in [0, 0.05) is 12.6 Å². The summed E-state index contributed by atoms with van der Waals surface area (Å²) in [5.41, 5.74) is 3.10. The molecule has 0 saturated carbocycles. The van der Waals surface area contributed by atoms with Crippen LogP contribution in [0, 0.1) is 6.92 Å². The summed E-state index contributed by atoms with van der Waals surface area (Å²) in [6.07, 6.45) is 0. The lowest BCUT2D eigenvalue weighted by molar-refractivity contribution is 0.0943. The number of carbonyl (C=O) groups excluding carboxylic acids is 1. The molecule has 2 aromatic carbocycles. The molecule has 1 amide bonds. The molecule has 1 aromatic heterocycles. The van der Waals surface area contributed by atoms with Crippen molar-refractivity contribution in [1.82, 2.24) is 15.1 Å². The van der Waals surface area contributed by atoms with Crippen molar-refractivity contribution < 1.29 is 4.79 Å². The van der Waals surface area contributed by atoms with E-state index in [1.807, 2.05) is 61.5 Å². The van der Waals surface area contributed by atoms with E-state index in [1.165, 1.54) is 16.8 Å². The van der Waals surface area contributed by atoms with Crippen molar-refractivity contribution in [1.29, 1.82) is 0 Å². The van der Waals surface area contributed by atoms with Gasteiger partial charge in [0.25, 0.3) is 11.5 Å². The normalized spacial score (nSPS) is 10.4. The Morgan fingerprint density at radius 1 is 0.960 bits per heavy atom. The second-order valence-corrected chi connectivity index (χ2v) is 5.87. The summed E-state index contributed by atoms with van der Waals surface area (Å²) in [6, 6.07) is 20.3. The van der Waals surface area contributed by atoms with Gasteiger partial charge < -0.3 is 5.32 Å². The molecular weight excluding hydrogens is 314 g/mol. The van der Waals surface area contributed by atoms with Gasteiger partial charge in [0.05, 0.1) is 6.54 Å². The highest BCUT2D eigenvalue weighted by Gasteiger charge is 2.09. The van der Waals surface area contributed by atoms with Crippen LogP contribution in [0.5, 0.6) is 0 Å². The Kier molecular flexibility index (Phi) is 5.04. The number of nitrogens with zero attached hydrogens (tertiary/aromatic N) is 2. The zero-order valence-corrected chi connectivity index (χ0v) is 14.0. The van der Waals surface area contributed by atoms with E-state index in [-0.39, 0.29) is 17.2 Å². The van der Waals surface area contributed by atoms with Crippen molar-refractivity contribution in [3.05, 3.63) is 99.5 Å². The SMILES string of the molecule is Cc1ccc(Cn2nc(C(=O)NCc3ccccc3)ccc2=O)cc1. The number of nitrogens with one attached hydrogen (secondary N) is 1. The molecule has 1 heterocycles. The number of aromatic nitrogens is 2. The minimum Gasteiger partial charge on any atom is -0.347 e. The molecule has 0 aliphatic heterocycles. The maximum Gasteiger partial charge on any atom is 0.271 e. The quantitative estimate of drug-likeness (QED) is 0.780. The van der Waals surface area contributed by atoms with E-state index in [4.69, 9.17) is 0 Å². The molecule has 0 aliphatic rings. The van der Waals surface area contributed by atoms with Crippen molar-refractivity contribution >= 4 is 5.91 Å². The molecule has 3 aromatic rings. The fraction of sp³-hybridized carbons (Fsp3) is 0.150. The van der Waals surface area contributed by atoms with Crippen LogP contribution in [0.4, 0.5) is 0 Å². The zero-order chi connectivity index (χ0) is 17.6. The molecule has 0 bridgehead atoms. The Bertz CT molecular complexity index is 916. The third kappa shape index (κ3) is 4.41. The predicted molar refractivity (Wildman–Crippen MR) is 96.4 cm³/mol. The summed E-state index contributed by atoms with van der Waals surface area (Å²) in [5, 5.41) is 7.01. The molecule has 0 unspecified atom stereocenters. The number of hydrogen-bond donors (Lipinski definition) is 1. The summed E-state index contributed by atoms with van der Waals surface area (Å²) >= 11 is 0. The highest BCUT2D eigenvalue weighted by Crippen LogP contribution is 2.04. The van der Waals surface area contributed by atoms with Crippen LogP contribution in [0.2, 0.25) is 0 Å². The molecule has 5 heteroatoms. The second kappa shape index (κ2) is 7.57. The molecule has 1 N–H and O–H groups in total. The average molecular weight is 333 g/mol. The van der Waals surface area contributed by atoms with Gasteiger partial charge in [-0.2, -0.15) is 5.10 Å². The molecule has 0 atom stereocenters. The first-order valence-corrected chi connectivity index (χ1v) is 8.08. The van der Waals surface area contributed by atoms with Gasteiger partial charge in [-0.25, -0.2) is 4.68 Å². The lowest BCUT2D eigenvalue weighted by Crippen LogP contribution is -2.29. The van der Waals surface area contributed by atoms with Crippen LogP contribution >= 0.6 is 0 Å². The lowest BCUT2D eigenvalue weighted by Gasteiger charge is -2.08. The van der Waals surface area contributed by atoms with Crippen LogP contribution in [-0.4, -0.2) is 15.7 Å². The molecule has 0 aliphatic carbocycles. The van der Waals surface area contributed by atoms with Gasteiger partial charge in [0.1, 0.15) is 5.69 Å². The Morgan fingerprint density at radius 2 is 1.68 bits per heavy atom. The van der Waals surface area contributed by atoms with E-state index in [0.29, 0.717) is 13.1 Å². The standard InChI is InChI=1S/C20H19N3O2/c1-15-7-9-17(10-8-15)14-23-19(24)12-11-18(22-23)20(25)21-13-16-5-3-2-4-6-16/h2-12H,13-14H2,1H3,(H,21,25). The maximum atomic E-state index is 12.3. The van der Waals surface area contributed by atoms with Gasteiger partial charge in [-0.3, -0.25) is 9.59 Å². The third-order valence-corrected chi connectivity index (χ3v) is 3.85. The molecule has 5 nitrogen and oxygen atoms in total. The minimum atomic E-state index is -0.304. The van der Waals surface area contributed by atoms with Crippen LogP contribution in [0.1, 0.15) is 27.2 Å². The number of benzene rings is 2. The third-order valence-electron chi connectivity index (χ3n) is 3.85. The van der Waals surface area contributed by atoms with Crippen molar-refractivity contribution in [2.24, 2.45) is 0 Å². The van der Waals surface area contributed by atoms with Gasteiger partial charge in [0.15, 0.2) is 0 Å². The molecular formula is C20H19N3O2. The molecule has 126 valence electrons. The van der Waals surface area contributed by atoms with E-state index in [0.717, 1.165) is 16.7 Å². The van der Waals surface area contributed by atoms with E-state index >= 15 is 0 Å². The van der Waals surface area contributed by atoms with Crippen LogP contribution in [0.3, 0.4) is 0 Å². The first kappa shape index (κ1) is 16.6. The van der Waals surface area contributed by atoms with Gasteiger partial charge >= 0.3 is 0 Å². The van der Waals surface area contributed by atoms with Gasteiger partial charge in [-0.15, -0.1) is 0 Å². The fourth-order valence-electron chi connectivity index (χ4n) is 2.42. The molecule has 0 saturated heterocycles. The smallest absolute Gasteiger partial charge is 0.271 e. The molecule has 0 spiro atoms. The van der Waals surface area contributed by atoms with Crippen LogP contribution < -0.4 is 10.9 Å². The fourth-order valence-corrected chi connectivity index (χ4v) is 2.42. The number of carbonyl (C=O) groups is 1. The zero-order valence-electron chi connectivity index (χ0n) is 14.0. The first-order valence-electron chi connectivity index (χ1n) is 8.08. The molecule has 0 radical (unpaired) electrons. The van der Waals surface area contributed by atoms with Crippen LogP contribution in [0.25, 0.3) is 0 Å². The second-order valence-electron chi connectivity index (χ2n) is 5.87. The van der Waals surface area contributed by atoms with E-state index in [2.05, 4.69) is 10.4 Å². The summed E-state index contributed by atoms with van der Waals surface area (Å²) in [5.74, 6) is -0.304. The van der Waals surface area contributed by atoms with Crippen molar-refractivity contribution in [2.45, 2.75) is 20.0 Å².